The molecule has 0 saturated carbocycles. The van der Waals surface area contributed by atoms with Crippen LogP contribution >= 0.6 is 11.8 Å². The number of anilines is 2. The zero-order chi connectivity index (χ0) is 18.5. The molecule has 0 fully saturated rings. The number of pyridine rings is 1. The smallest absolute Gasteiger partial charge is 0.259 e. The number of aryl methyl sites for hydroxylation is 1. The van der Waals surface area contributed by atoms with E-state index in [0.717, 1.165) is 22.0 Å². The standard InChI is InChI=1S/C18H19N5O2S/c1-12-20-18(25-22-12)13-4-9-17(19-10-13)26-11-16(24)21-14-5-7-15(8-6-14)23(2)3/h4-10H,11H2,1-3H3,(H,21,24). The third-order valence-electron chi connectivity index (χ3n) is 3.53. The van der Waals surface area contributed by atoms with E-state index in [1.807, 2.05) is 55.4 Å². The molecule has 0 aliphatic heterocycles. The molecule has 0 unspecified atom stereocenters. The lowest BCUT2D eigenvalue weighted by Gasteiger charge is -2.13. The highest BCUT2D eigenvalue weighted by molar-refractivity contribution is 7.99. The van der Waals surface area contributed by atoms with Crippen LogP contribution in [0.15, 0.2) is 52.1 Å². The predicted molar refractivity (Wildman–Crippen MR) is 102 cm³/mol. The van der Waals surface area contributed by atoms with Gasteiger partial charge in [0, 0.05) is 31.7 Å². The largest absolute Gasteiger partial charge is 0.378 e. The average Bonchev–Trinajstić information content (AvgIpc) is 3.07. The van der Waals surface area contributed by atoms with Crippen molar-refractivity contribution in [2.45, 2.75) is 11.9 Å². The Bertz CT molecular complexity index is 875. The van der Waals surface area contributed by atoms with Gasteiger partial charge in [0.25, 0.3) is 5.89 Å². The summed E-state index contributed by atoms with van der Waals surface area (Å²) >= 11 is 1.37. The monoisotopic (exact) mass is 369 g/mol. The zero-order valence-electron chi connectivity index (χ0n) is 14.8. The van der Waals surface area contributed by atoms with Gasteiger partial charge >= 0.3 is 0 Å². The summed E-state index contributed by atoms with van der Waals surface area (Å²) in [4.78, 5) is 22.6. The first-order chi connectivity index (χ1) is 12.5. The first-order valence-electron chi connectivity index (χ1n) is 7.98. The molecule has 26 heavy (non-hydrogen) atoms. The number of carbonyl (C=O) groups is 1. The maximum atomic E-state index is 12.1. The van der Waals surface area contributed by atoms with E-state index in [4.69, 9.17) is 4.52 Å². The van der Waals surface area contributed by atoms with Gasteiger partial charge in [-0.2, -0.15) is 4.98 Å². The van der Waals surface area contributed by atoms with Gasteiger partial charge in [0.15, 0.2) is 5.82 Å². The second-order valence-electron chi connectivity index (χ2n) is 5.81. The second-order valence-corrected chi connectivity index (χ2v) is 6.81. The van der Waals surface area contributed by atoms with E-state index in [-0.39, 0.29) is 11.7 Å². The normalized spacial score (nSPS) is 10.6. The van der Waals surface area contributed by atoms with E-state index in [9.17, 15) is 4.79 Å². The Morgan fingerprint density at radius 3 is 2.54 bits per heavy atom. The number of benzene rings is 1. The van der Waals surface area contributed by atoms with Gasteiger partial charge in [0.05, 0.1) is 16.3 Å². The van der Waals surface area contributed by atoms with Gasteiger partial charge < -0.3 is 14.7 Å². The molecule has 2 aromatic heterocycles. The lowest BCUT2D eigenvalue weighted by atomic mass is 10.2. The summed E-state index contributed by atoms with van der Waals surface area (Å²) in [6, 6.07) is 11.4. The lowest BCUT2D eigenvalue weighted by Crippen LogP contribution is -2.14. The first kappa shape index (κ1) is 17.9. The Kier molecular flexibility index (Phi) is 5.52. The SMILES string of the molecule is Cc1noc(-c2ccc(SCC(=O)Nc3ccc(N(C)C)cc3)nc2)n1. The van der Waals surface area contributed by atoms with Gasteiger partial charge in [-0.3, -0.25) is 4.79 Å². The highest BCUT2D eigenvalue weighted by atomic mass is 32.2. The zero-order valence-corrected chi connectivity index (χ0v) is 15.6. The van der Waals surface area contributed by atoms with E-state index in [2.05, 4.69) is 20.4 Å². The Morgan fingerprint density at radius 2 is 1.96 bits per heavy atom. The fourth-order valence-corrected chi connectivity index (χ4v) is 2.83. The maximum Gasteiger partial charge on any atom is 0.259 e. The van der Waals surface area contributed by atoms with Crippen LogP contribution in [-0.2, 0) is 4.79 Å². The third-order valence-corrected chi connectivity index (χ3v) is 4.47. The van der Waals surface area contributed by atoms with Crippen molar-refractivity contribution in [3.63, 3.8) is 0 Å². The molecule has 0 spiro atoms. The van der Waals surface area contributed by atoms with Gasteiger partial charge in [0.1, 0.15) is 0 Å². The summed E-state index contributed by atoms with van der Waals surface area (Å²) in [5.74, 6) is 1.21. The van der Waals surface area contributed by atoms with Crippen molar-refractivity contribution in [3.05, 3.63) is 48.4 Å². The summed E-state index contributed by atoms with van der Waals surface area (Å²) in [5.41, 5.74) is 2.61. The molecular formula is C18H19N5O2S. The van der Waals surface area contributed by atoms with E-state index in [1.54, 1.807) is 13.1 Å². The molecule has 0 saturated heterocycles. The minimum atomic E-state index is -0.0778. The number of nitrogens with zero attached hydrogens (tertiary/aromatic N) is 4. The molecule has 7 nitrogen and oxygen atoms in total. The van der Waals surface area contributed by atoms with Crippen LogP contribution in [0, 0.1) is 6.92 Å². The van der Waals surface area contributed by atoms with E-state index in [1.165, 1.54) is 11.8 Å². The third kappa shape index (κ3) is 4.60. The van der Waals surface area contributed by atoms with Crippen molar-refractivity contribution in [1.82, 2.24) is 15.1 Å². The first-order valence-corrected chi connectivity index (χ1v) is 8.96. The number of hydrogen-bond donors (Lipinski definition) is 1. The lowest BCUT2D eigenvalue weighted by molar-refractivity contribution is -0.113. The minimum absolute atomic E-state index is 0.0778. The fraction of sp³-hybridized carbons (Fsp3) is 0.222. The molecule has 3 rings (SSSR count). The molecule has 3 aromatic rings. The second kappa shape index (κ2) is 8.01. The minimum Gasteiger partial charge on any atom is -0.378 e. The van der Waals surface area contributed by atoms with Crippen molar-refractivity contribution in [3.8, 4) is 11.5 Å². The summed E-state index contributed by atoms with van der Waals surface area (Å²) in [6.45, 7) is 1.76. The molecule has 2 heterocycles. The molecule has 0 aliphatic carbocycles. The molecule has 8 heteroatoms. The van der Waals surface area contributed by atoms with Crippen molar-refractivity contribution in [2.24, 2.45) is 0 Å². The van der Waals surface area contributed by atoms with Crippen molar-refractivity contribution >= 4 is 29.0 Å². The summed E-state index contributed by atoms with van der Waals surface area (Å²) in [7, 11) is 3.95. The summed E-state index contributed by atoms with van der Waals surface area (Å²) < 4.78 is 5.10. The van der Waals surface area contributed by atoms with E-state index in [0.29, 0.717) is 11.7 Å². The van der Waals surface area contributed by atoms with Crippen LogP contribution in [0.3, 0.4) is 0 Å². The Morgan fingerprint density at radius 1 is 1.19 bits per heavy atom. The van der Waals surface area contributed by atoms with Crippen LogP contribution in [0.4, 0.5) is 11.4 Å². The number of rotatable bonds is 6. The average molecular weight is 369 g/mol. The van der Waals surface area contributed by atoms with Gasteiger partial charge in [-0.05, 0) is 43.3 Å². The van der Waals surface area contributed by atoms with Crippen LogP contribution < -0.4 is 10.2 Å². The summed E-state index contributed by atoms with van der Waals surface area (Å²) in [5, 5.41) is 7.39. The Hall–Kier alpha value is -2.87. The number of amides is 1. The molecular weight excluding hydrogens is 350 g/mol. The quantitative estimate of drug-likeness (QED) is 0.668. The number of aromatic nitrogens is 3. The molecule has 134 valence electrons. The fourth-order valence-electron chi connectivity index (χ4n) is 2.19. The highest BCUT2D eigenvalue weighted by Gasteiger charge is 2.08. The van der Waals surface area contributed by atoms with Gasteiger partial charge in [0.2, 0.25) is 5.91 Å². The van der Waals surface area contributed by atoms with Gasteiger partial charge in [-0.1, -0.05) is 16.9 Å². The Balaban J connectivity index is 1.52. The number of hydrogen-bond acceptors (Lipinski definition) is 7. The van der Waals surface area contributed by atoms with Gasteiger partial charge in [-0.15, -0.1) is 0 Å². The topological polar surface area (TPSA) is 84.2 Å². The Labute approximate surface area is 155 Å². The molecule has 0 radical (unpaired) electrons. The molecule has 0 bridgehead atoms. The highest BCUT2D eigenvalue weighted by Crippen LogP contribution is 2.21. The predicted octanol–water partition coefficient (Wildman–Crippen LogP) is 3.24. The van der Waals surface area contributed by atoms with Crippen molar-refractivity contribution in [1.29, 1.82) is 0 Å². The molecule has 1 aromatic carbocycles. The van der Waals surface area contributed by atoms with E-state index >= 15 is 0 Å². The van der Waals surface area contributed by atoms with Crippen LogP contribution in [0.5, 0.6) is 0 Å². The van der Waals surface area contributed by atoms with Crippen molar-refractivity contribution < 1.29 is 9.32 Å². The summed E-state index contributed by atoms with van der Waals surface area (Å²) in [6.07, 6.45) is 1.66. The molecule has 1 amide bonds. The van der Waals surface area contributed by atoms with Crippen molar-refractivity contribution in [2.75, 3.05) is 30.1 Å². The van der Waals surface area contributed by atoms with Crippen LogP contribution in [0.2, 0.25) is 0 Å². The molecule has 0 atom stereocenters. The molecule has 0 aliphatic rings. The number of thioether (sulfide) groups is 1. The number of carbonyl (C=O) groups excluding carboxylic acids is 1. The van der Waals surface area contributed by atoms with Gasteiger partial charge in [-0.25, -0.2) is 4.98 Å². The van der Waals surface area contributed by atoms with E-state index < -0.39 is 0 Å². The van der Waals surface area contributed by atoms with Crippen LogP contribution in [0.25, 0.3) is 11.5 Å². The molecule has 1 N–H and O–H groups in total. The van der Waals surface area contributed by atoms with Crippen LogP contribution in [0.1, 0.15) is 5.82 Å². The van der Waals surface area contributed by atoms with Crippen LogP contribution in [-0.4, -0.2) is 40.9 Å². The number of nitrogens with one attached hydrogen (secondary N) is 1. The maximum absolute atomic E-state index is 12.1.